The standard InChI is InChI=1S/C10H13N5O5/c16-1-3-5(17)6(18)9(20-3)15-10-13-7-4(8(19)14-10)11-2-12-7/h2-3,5-6,9,16-18H,1H2,(H3,11,12,13,14,15,19)/t3-,5-,6-,9?/m1/s1. The highest BCUT2D eigenvalue weighted by Gasteiger charge is 2.42. The minimum atomic E-state index is -1.26. The van der Waals surface area contributed by atoms with E-state index in [0.717, 1.165) is 0 Å². The van der Waals surface area contributed by atoms with Crippen LogP contribution in [0.5, 0.6) is 0 Å². The summed E-state index contributed by atoms with van der Waals surface area (Å²) in [5, 5.41) is 31.0. The zero-order valence-corrected chi connectivity index (χ0v) is 10.1. The Hall–Kier alpha value is -2.01. The molecule has 2 aromatic rings. The SMILES string of the molecule is O=c1[nH]c(NC2O[C@H](CO)[C@@H](O)[C@H]2O)nc2nc[nH]c12. The molecule has 1 aliphatic heterocycles. The van der Waals surface area contributed by atoms with Gasteiger partial charge in [-0.2, -0.15) is 4.98 Å². The smallest absolute Gasteiger partial charge is 0.278 e. The third-order valence-electron chi connectivity index (χ3n) is 3.12. The summed E-state index contributed by atoms with van der Waals surface area (Å²) in [6, 6.07) is 0. The monoisotopic (exact) mass is 283 g/mol. The van der Waals surface area contributed by atoms with Gasteiger partial charge in [0, 0.05) is 0 Å². The van der Waals surface area contributed by atoms with E-state index in [4.69, 9.17) is 9.84 Å². The summed E-state index contributed by atoms with van der Waals surface area (Å²) in [5.41, 5.74) is 0.0152. The lowest BCUT2D eigenvalue weighted by molar-refractivity contribution is -0.0154. The molecular weight excluding hydrogens is 270 g/mol. The fraction of sp³-hybridized carbons (Fsp3) is 0.500. The predicted molar refractivity (Wildman–Crippen MR) is 65.9 cm³/mol. The van der Waals surface area contributed by atoms with Crippen LogP contribution in [0.1, 0.15) is 0 Å². The maximum Gasteiger partial charge on any atom is 0.278 e. The summed E-state index contributed by atoms with van der Waals surface area (Å²) in [6.07, 6.45) is -3.04. The Morgan fingerprint density at radius 1 is 1.40 bits per heavy atom. The highest BCUT2D eigenvalue weighted by atomic mass is 16.6. The maximum absolute atomic E-state index is 11.7. The summed E-state index contributed by atoms with van der Waals surface area (Å²) in [7, 11) is 0. The van der Waals surface area contributed by atoms with Crippen LogP contribution in [0.15, 0.2) is 11.1 Å². The van der Waals surface area contributed by atoms with Gasteiger partial charge in [-0.25, -0.2) is 4.98 Å². The molecule has 0 amide bonds. The fourth-order valence-electron chi connectivity index (χ4n) is 2.06. The molecule has 0 radical (unpaired) electrons. The fourth-order valence-corrected chi connectivity index (χ4v) is 2.06. The van der Waals surface area contributed by atoms with Crippen LogP contribution in [0.3, 0.4) is 0 Å². The van der Waals surface area contributed by atoms with Crippen LogP contribution < -0.4 is 10.9 Å². The second kappa shape index (κ2) is 4.83. The minimum absolute atomic E-state index is 0.0458. The second-order valence-corrected chi connectivity index (χ2v) is 4.42. The van der Waals surface area contributed by atoms with Crippen LogP contribution in [0, 0.1) is 0 Å². The van der Waals surface area contributed by atoms with Crippen molar-refractivity contribution in [1.82, 2.24) is 19.9 Å². The van der Waals surface area contributed by atoms with Gasteiger partial charge in [0.15, 0.2) is 17.4 Å². The van der Waals surface area contributed by atoms with E-state index in [1.807, 2.05) is 0 Å². The zero-order valence-electron chi connectivity index (χ0n) is 10.1. The van der Waals surface area contributed by atoms with E-state index in [2.05, 4.69) is 25.3 Å². The number of aromatic nitrogens is 4. The summed E-state index contributed by atoms with van der Waals surface area (Å²) in [4.78, 5) is 24.7. The predicted octanol–water partition coefficient (Wildman–Crippen LogP) is -2.50. The molecule has 3 heterocycles. The van der Waals surface area contributed by atoms with Crippen LogP contribution in [0.25, 0.3) is 11.2 Å². The van der Waals surface area contributed by atoms with Crippen molar-refractivity contribution in [3.63, 3.8) is 0 Å². The molecule has 1 saturated heterocycles. The Morgan fingerprint density at radius 3 is 2.90 bits per heavy atom. The van der Waals surface area contributed by atoms with Crippen molar-refractivity contribution in [3.05, 3.63) is 16.7 Å². The molecule has 0 saturated carbocycles. The minimum Gasteiger partial charge on any atom is -0.394 e. The van der Waals surface area contributed by atoms with Gasteiger partial charge >= 0.3 is 0 Å². The number of aliphatic hydroxyl groups is 3. The number of aromatic amines is 2. The van der Waals surface area contributed by atoms with E-state index in [9.17, 15) is 15.0 Å². The van der Waals surface area contributed by atoms with Gasteiger partial charge < -0.3 is 30.4 Å². The van der Waals surface area contributed by atoms with Crippen molar-refractivity contribution in [2.75, 3.05) is 11.9 Å². The zero-order chi connectivity index (χ0) is 14.3. The van der Waals surface area contributed by atoms with Crippen molar-refractivity contribution in [3.8, 4) is 0 Å². The lowest BCUT2D eigenvalue weighted by atomic mass is 10.1. The number of fused-ring (bicyclic) bond motifs is 1. The van der Waals surface area contributed by atoms with Gasteiger partial charge in [-0.3, -0.25) is 9.78 Å². The van der Waals surface area contributed by atoms with E-state index >= 15 is 0 Å². The van der Waals surface area contributed by atoms with Gasteiger partial charge in [-0.15, -0.1) is 0 Å². The van der Waals surface area contributed by atoms with E-state index in [1.165, 1.54) is 6.33 Å². The van der Waals surface area contributed by atoms with Gasteiger partial charge in [0.25, 0.3) is 5.56 Å². The summed E-state index contributed by atoms with van der Waals surface area (Å²) in [6.45, 7) is -0.432. The average molecular weight is 283 g/mol. The molecule has 0 bridgehead atoms. The molecule has 10 nitrogen and oxygen atoms in total. The number of nitrogens with zero attached hydrogens (tertiary/aromatic N) is 2. The van der Waals surface area contributed by atoms with E-state index in [1.54, 1.807) is 0 Å². The van der Waals surface area contributed by atoms with Gasteiger partial charge in [-0.1, -0.05) is 0 Å². The summed E-state index contributed by atoms with van der Waals surface area (Å²) < 4.78 is 5.22. The first kappa shape index (κ1) is 13.0. The van der Waals surface area contributed by atoms with Crippen molar-refractivity contribution < 1.29 is 20.1 Å². The van der Waals surface area contributed by atoms with Gasteiger partial charge in [0.05, 0.1) is 12.9 Å². The Labute approximate surface area is 111 Å². The maximum atomic E-state index is 11.7. The van der Waals surface area contributed by atoms with Crippen LogP contribution in [0.4, 0.5) is 5.95 Å². The first-order chi connectivity index (χ1) is 9.60. The molecule has 3 rings (SSSR count). The van der Waals surface area contributed by atoms with Crippen LogP contribution in [-0.2, 0) is 4.74 Å². The first-order valence-corrected chi connectivity index (χ1v) is 5.92. The van der Waals surface area contributed by atoms with E-state index in [0.29, 0.717) is 0 Å². The van der Waals surface area contributed by atoms with E-state index < -0.39 is 36.7 Å². The Balaban J connectivity index is 1.84. The van der Waals surface area contributed by atoms with Gasteiger partial charge in [0.2, 0.25) is 5.95 Å². The third-order valence-corrected chi connectivity index (χ3v) is 3.12. The number of hydrogen-bond donors (Lipinski definition) is 6. The second-order valence-electron chi connectivity index (χ2n) is 4.42. The van der Waals surface area contributed by atoms with Crippen molar-refractivity contribution in [2.24, 2.45) is 0 Å². The van der Waals surface area contributed by atoms with Crippen molar-refractivity contribution in [2.45, 2.75) is 24.5 Å². The Kier molecular flexibility index (Phi) is 3.14. The number of H-pyrrole nitrogens is 2. The van der Waals surface area contributed by atoms with E-state index in [-0.39, 0.29) is 17.1 Å². The van der Waals surface area contributed by atoms with Crippen LogP contribution in [0.2, 0.25) is 0 Å². The van der Waals surface area contributed by atoms with Crippen molar-refractivity contribution >= 4 is 17.1 Å². The number of hydrogen-bond acceptors (Lipinski definition) is 8. The van der Waals surface area contributed by atoms with Crippen LogP contribution >= 0.6 is 0 Å². The molecule has 20 heavy (non-hydrogen) atoms. The molecule has 4 atom stereocenters. The molecular formula is C10H13N5O5. The molecule has 1 fully saturated rings. The topological polar surface area (TPSA) is 156 Å². The summed E-state index contributed by atoms with van der Waals surface area (Å²) >= 11 is 0. The molecule has 108 valence electrons. The molecule has 1 aliphatic rings. The third kappa shape index (κ3) is 2.04. The molecule has 2 aromatic heterocycles. The number of rotatable bonds is 3. The number of imidazole rings is 1. The number of ether oxygens (including phenoxy) is 1. The summed E-state index contributed by atoms with van der Waals surface area (Å²) in [5.74, 6) is 0.0458. The number of nitrogens with one attached hydrogen (secondary N) is 3. The highest BCUT2D eigenvalue weighted by Crippen LogP contribution is 2.21. The van der Waals surface area contributed by atoms with Crippen molar-refractivity contribution in [1.29, 1.82) is 0 Å². The highest BCUT2D eigenvalue weighted by molar-refractivity contribution is 5.69. The Morgan fingerprint density at radius 2 is 2.20 bits per heavy atom. The quantitative estimate of drug-likeness (QED) is 0.361. The molecule has 0 aliphatic carbocycles. The lowest BCUT2D eigenvalue weighted by Crippen LogP contribution is -2.37. The molecule has 1 unspecified atom stereocenters. The number of anilines is 1. The molecule has 0 aromatic carbocycles. The first-order valence-electron chi connectivity index (χ1n) is 5.92. The normalized spacial score (nSPS) is 29.9. The molecule has 6 N–H and O–H groups in total. The molecule has 10 heteroatoms. The lowest BCUT2D eigenvalue weighted by Gasteiger charge is -2.16. The average Bonchev–Trinajstić information content (AvgIpc) is 2.99. The van der Waals surface area contributed by atoms with Gasteiger partial charge in [0.1, 0.15) is 18.3 Å². The largest absolute Gasteiger partial charge is 0.394 e. The Bertz CT molecular complexity index is 669. The van der Waals surface area contributed by atoms with Gasteiger partial charge in [-0.05, 0) is 0 Å². The number of aliphatic hydroxyl groups excluding tert-OH is 3. The van der Waals surface area contributed by atoms with Crippen LogP contribution in [-0.4, -0.2) is 66.4 Å². The molecule has 0 spiro atoms.